The number of thioether (sulfide) groups is 1. The Morgan fingerprint density at radius 2 is 1.76 bits per heavy atom. The van der Waals surface area contributed by atoms with Crippen LogP contribution >= 0.6 is 23.4 Å². The number of ether oxygens (including phenoxy) is 2. The summed E-state index contributed by atoms with van der Waals surface area (Å²) in [6.07, 6.45) is 1.48. The van der Waals surface area contributed by atoms with Gasteiger partial charge < -0.3 is 14.4 Å². The van der Waals surface area contributed by atoms with Crippen LogP contribution in [0.4, 0.5) is 4.79 Å². The third kappa shape index (κ3) is 5.44. The van der Waals surface area contributed by atoms with Gasteiger partial charge in [-0.25, -0.2) is 4.79 Å². The van der Waals surface area contributed by atoms with Crippen molar-refractivity contribution in [2.45, 2.75) is 0 Å². The van der Waals surface area contributed by atoms with Crippen LogP contribution < -0.4 is 4.74 Å². The fraction of sp³-hybridized carbons (Fsp3) is 0.217. The summed E-state index contributed by atoms with van der Waals surface area (Å²) in [5.74, 6) is -1.23. The molecule has 0 atom stereocenters. The van der Waals surface area contributed by atoms with Gasteiger partial charge in [-0.3, -0.25) is 19.3 Å². The standard InChI is InChI=1S/C23H19ClN2O6S/c24-17-7-5-15(6-8-17)22(29)32-18-4-2-1-3-16(18)13-19-21(28)26(23(30)33-19)14-20(27)25-9-11-31-12-10-25/h1-8,13H,9-12,14H2/b19-13-. The quantitative estimate of drug-likeness (QED) is 0.363. The molecule has 2 saturated heterocycles. The minimum Gasteiger partial charge on any atom is -0.422 e. The molecule has 0 N–H and O–H groups in total. The van der Waals surface area contributed by atoms with Gasteiger partial charge in [0.25, 0.3) is 11.1 Å². The van der Waals surface area contributed by atoms with Crippen molar-refractivity contribution in [1.29, 1.82) is 0 Å². The molecule has 4 rings (SSSR count). The highest BCUT2D eigenvalue weighted by Crippen LogP contribution is 2.34. The number of para-hydroxylation sites is 1. The van der Waals surface area contributed by atoms with Crippen LogP contribution in [0, 0.1) is 0 Å². The largest absolute Gasteiger partial charge is 0.422 e. The molecule has 8 nitrogen and oxygen atoms in total. The zero-order valence-electron chi connectivity index (χ0n) is 17.4. The van der Waals surface area contributed by atoms with Crippen LogP contribution in [0.5, 0.6) is 5.75 Å². The lowest BCUT2D eigenvalue weighted by atomic mass is 10.1. The number of rotatable bonds is 5. The number of halogens is 1. The number of morpholine rings is 1. The smallest absolute Gasteiger partial charge is 0.343 e. The van der Waals surface area contributed by atoms with Crippen LogP contribution in [0.1, 0.15) is 15.9 Å². The topological polar surface area (TPSA) is 93.2 Å². The molecule has 0 spiro atoms. The Bertz CT molecular complexity index is 1130. The van der Waals surface area contributed by atoms with Gasteiger partial charge in [0.15, 0.2) is 0 Å². The molecular formula is C23H19ClN2O6S. The van der Waals surface area contributed by atoms with Gasteiger partial charge in [-0.15, -0.1) is 0 Å². The zero-order chi connectivity index (χ0) is 23.4. The van der Waals surface area contributed by atoms with Gasteiger partial charge in [0.2, 0.25) is 5.91 Å². The number of imide groups is 1. The van der Waals surface area contributed by atoms with Crippen molar-refractivity contribution < 1.29 is 28.7 Å². The van der Waals surface area contributed by atoms with E-state index in [1.54, 1.807) is 53.4 Å². The highest BCUT2D eigenvalue weighted by molar-refractivity contribution is 8.18. The van der Waals surface area contributed by atoms with Gasteiger partial charge in [0, 0.05) is 23.7 Å². The van der Waals surface area contributed by atoms with Crippen molar-refractivity contribution in [2.24, 2.45) is 0 Å². The Hall–Kier alpha value is -3.14. The second-order valence-corrected chi connectivity index (χ2v) is 8.62. The molecule has 2 aromatic rings. The number of carbonyl (C=O) groups excluding carboxylic acids is 4. The van der Waals surface area contributed by atoms with Crippen molar-refractivity contribution in [2.75, 3.05) is 32.8 Å². The summed E-state index contributed by atoms with van der Waals surface area (Å²) in [5.41, 5.74) is 0.765. The number of esters is 1. The molecule has 33 heavy (non-hydrogen) atoms. The third-order valence-electron chi connectivity index (χ3n) is 5.02. The average Bonchev–Trinajstić information content (AvgIpc) is 3.08. The lowest BCUT2D eigenvalue weighted by Crippen LogP contribution is -2.46. The van der Waals surface area contributed by atoms with Crippen LogP contribution in [0.2, 0.25) is 5.02 Å². The molecule has 0 saturated carbocycles. The maximum absolute atomic E-state index is 12.8. The summed E-state index contributed by atoms with van der Waals surface area (Å²) in [6.45, 7) is 1.39. The molecule has 3 amide bonds. The summed E-state index contributed by atoms with van der Waals surface area (Å²) in [4.78, 5) is 52.8. The van der Waals surface area contributed by atoms with Gasteiger partial charge in [0.1, 0.15) is 12.3 Å². The first kappa shape index (κ1) is 23.0. The van der Waals surface area contributed by atoms with Gasteiger partial charge in [-0.1, -0.05) is 29.8 Å². The Morgan fingerprint density at radius 1 is 1.06 bits per heavy atom. The number of amides is 3. The van der Waals surface area contributed by atoms with Crippen LogP contribution in [-0.4, -0.2) is 65.7 Å². The molecule has 0 unspecified atom stereocenters. The van der Waals surface area contributed by atoms with E-state index in [-0.39, 0.29) is 23.1 Å². The van der Waals surface area contributed by atoms with Crippen LogP contribution in [0.25, 0.3) is 6.08 Å². The summed E-state index contributed by atoms with van der Waals surface area (Å²) in [5, 5.41) is -0.0294. The molecule has 2 aliphatic rings. The van der Waals surface area contributed by atoms with Gasteiger partial charge >= 0.3 is 5.97 Å². The predicted molar refractivity (Wildman–Crippen MR) is 123 cm³/mol. The van der Waals surface area contributed by atoms with E-state index in [0.29, 0.717) is 42.5 Å². The summed E-state index contributed by atoms with van der Waals surface area (Å²) >= 11 is 6.59. The van der Waals surface area contributed by atoms with E-state index < -0.39 is 17.1 Å². The molecular weight excluding hydrogens is 468 g/mol. The van der Waals surface area contributed by atoms with E-state index in [1.807, 2.05) is 0 Å². The van der Waals surface area contributed by atoms with Crippen molar-refractivity contribution in [3.63, 3.8) is 0 Å². The van der Waals surface area contributed by atoms with Gasteiger partial charge in [0.05, 0.1) is 23.7 Å². The Balaban J connectivity index is 1.49. The highest BCUT2D eigenvalue weighted by Gasteiger charge is 2.37. The van der Waals surface area contributed by atoms with E-state index in [2.05, 4.69) is 0 Å². The number of nitrogens with zero attached hydrogens (tertiary/aromatic N) is 2. The first-order chi connectivity index (χ1) is 15.9. The van der Waals surface area contributed by atoms with Crippen LogP contribution in [0.15, 0.2) is 53.4 Å². The highest BCUT2D eigenvalue weighted by atomic mass is 35.5. The number of hydrogen-bond acceptors (Lipinski definition) is 7. The minimum atomic E-state index is -0.586. The lowest BCUT2D eigenvalue weighted by molar-refractivity contribution is -0.139. The molecule has 0 bridgehead atoms. The third-order valence-corrected chi connectivity index (χ3v) is 6.18. The fourth-order valence-electron chi connectivity index (χ4n) is 3.26. The molecule has 2 aromatic carbocycles. The van der Waals surface area contributed by atoms with Crippen molar-refractivity contribution in [1.82, 2.24) is 9.80 Å². The first-order valence-electron chi connectivity index (χ1n) is 10.1. The molecule has 0 aromatic heterocycles. The molecule has 0 aliphatic carbocycles. The van der Waals surface area contributed by atoms with Gasteiger partial charge in [-0.2, -0.15) is 0 Å². The van der Waals surface area contributed by atoms with Crippen LogP contribution in [-0.2, 0) is 14.3 Å². The number of hydrogen-bond donors (Lipinski definition) is 0. The predicted octanol–water partition coefficient (Wildman–Crippen LogP) is 3.45. The summed E-state index contributed by atoms with van der Waals surface area (Å²) in [6, 6.07) is 12.9. The molecule has 10 heteroatoms. The first-order valence-corrected chi connectivity index (χ1v) is 11.3. The lowest BCUT2D eigenvalue weighted by Gasteiger charge is -2.28. The number of carbonyl (C=O) groups is 4. The Labute approximate surface area is 199 Å². The Morgan fingerprint density at radius 3 is 2.48 bits per heavy atom. The average molecular weight is 487 g/mol. The van der Waals surface area contributed by atoms with Crippen molar-refractivity contribution >= 4 is 52.5 Å². The minimum absolute atomic E-state index is 0.143. The second kappa shape index (κ2) is 10.2. The van der Waals surface area contributed by atoms with E-state index in [4.69, 9.17) is 21.1 Å². The molecule has 170 valence electrons. The normalized spacial score (nSPS) is 17.5. The Kier molecular flexibility index (Phi) is 7.12. The van der Waals surface area contributed by atoms with E-state index in [9.17, 15) is 19.2 Å². The van der Waals surface area contributed by atoms with E-state index in [0.717, 1.165) is 16.7 Å². The maximum Gasteiger partial charge on any atom is 0.343 e. The van der Waals surface area contributed by atoms with Crippen LogP contribution in [0.3, 0.4) is 0 Å². The SMILES string of the molecule is O=C(Oc1ccccc1/C=C1\SC(=O)N(CC(=O)N2CCOCC2)C1=O)c1ccc(Cl)cc1. The molecule has 2 fully saturated rings. The summed E-state index contributed by atoms with van der Waals surface area (Å²) < 4.78 is 10.7. The van der Waals surface area contributed by atoms with Crippen molar-refractivity contribution in [3.8, 4) is 5.75 Å². The van der Waals surface area contributed by atoms with Gasteiger partial charge in [-0.05, 0) is 48.2 Å². The number of benzene rings is 2. The fourth-order valence-corrected chi connectivity index (χ4v) is 4.22. The molecule has 2 heterocycles. The van der Waals surface area contributed by atoms with Crippen molar-refractivity contribution in [3.05, 3.63) is 69.6 Å². The second-order valence-electron chi connectivity index (χ2n) is 7.20. The summed E-state index contributed by atoms with van der Waals surface area (Å²) in [7, 11) is 0. The zero-order valence-corrected chi connectivity index (χ0v) is 18.9. The maximum atomic E-state index is 12.8. The molecule has 0 radical (unpaired) electrons. The molecule has 2 aliphatic heterocycles. The van der Waals surface area contributed by atoms with E-state index >= 15 is 0 Å². The monoisotopic (exact) mass is 486 g/mol. The van der Waals surface area contributed by atoms with E-state index in [1.165, 1.54) is 6.08 Å².